The molecule has 0 bridgehead atoms. The Bertz CT molecular complexity index is 324. The van der Waals surface area contributed by atoms with Gasteiger partial charge in [-0.05, 0) is 34.5 Å². The molecule has 0 aliphatic carbocycles. The maximum Gasteiger partial charge on any atom is 0.0701 e. The molecule has 1 unspecified atom stereocenters. The second-order valence-corrected chi connectivity index (χ2v) is 7.86. The van der Waals surface area contributed by atoms with Crippen molar-refractivity contribution in [1.29, 1.82) is 0 Å². The van der Waals surface area contributed by atoms with Gasteiger partial charge < -0.3 is 5.73 Å². The van der Waals surface area contributed by atoms with Crippen LogP contribution in [0, 0.1) is 0 Å². The van der Waals surface area contributed by atoms with Crippen LogP contribution in [-0.4, -0.2) is 0 Å². The Morgan fingerprint density at radius 3 is 2.11 bits per heavy atom. The lowest BCUT2D eigenvalue weighted by molar-refractivity contribution is 0.535. The highest BCUT2D eigenvalue weighted by Crippen LogP contribution is 2.28. The van der Waals surface area contributed by atoms with Gasteiger partial charge in [-0.2, -0.15) is 0 Å². The van der Waals surface area contributed by atoms with Gasteiger partial charge in [-0.15, -0.1) is 11.3 Å². The molecule has 0 saturated carbocycles. The van der Waals surface area contributed by atoms with Gasteiger partial charge in [-0.1, -0.05) is 64.7 Å². The zero-order chi connectivity index (χ0) is 13.9. The molecule has 0 amide bonds. The predicted molar refractivity (Wildman–Crippen MR) is 90.8 cm³/mol. The molecule has 1 aromatic heterocycles. The van der Waals surface area contributed by atoms with Crippen LogP contribution in [0.2, 0.25) is 0 Å². The van der Waals surface area contributed by atoms with Crippen LogP contribution in [-0.2, 0) is 0 Å². The number of hydrogen-bond donors (Lipinski definition) is 1. The molecule has 2 N–H and O–H groups in total. The average Bonchev–Trinajstić information content (AvgIpc) is 2.83. The van der Waals surface area contributed by atoms with Gasteiger partial charge in [0.05, 0.1) is 3.79 Å². The number of halogens is 1. The summed E-state index contributed by atoms with van der Waals surface area (Å²) in [5, 5.41) is 0. The number of nitrogens with two attached hydrogens (primary N) is 1. The maximum atomic E-state index is 6.19. The molecule has 0 aliphatic rings. The van der Waals surface area contributed by atoms with Gasteiger partial charge in [-0.3, -0.25) is 0 Å². The quantitative estimate of drug-likeness (QED) is 0.459. The Hall–Kier alpha value is 0.140. The van der Waals surface area contributed by atoms with Crippen molar-refractivity contribution in [3.8, 4) is 0 Å². The zero-order valence-corrected chi connectivity index (χ0v) is 14.6. The monoisotopic (exact) mass is 345 g/mol. The fourth-order valence-corrected chi connectivity index (χ4v) is 3.80. The fraction of sp³-hybridized carbons (Fsp3) is 0.750. The van der Waals surface area contributed by atoms with E-state index < -0.39 is 0 Å². The Labute approximate surface area is 131 Å². The normalized spacial score (nSPS) is 12.8. The summed E-state index contributed by atoms with van der Waals surface area (Å²) in [6, 6.07) is 4.48. The van der Waals surface area contributed by atoms with Crippen molar-refractivity contribution < 1.29 is 0 Å². The average molecular weight is 346 g/mol. The summed E-state index contributed by atoms with van der Waals surface area (Å²) in [6.07, 6.45) is 13.6. The summed E-state index contributed by atoms with van der Waals surface area (Å²) in [5.74, 6) is 0. The highest BCUT2D eigenvalue weighted by atomic mass is 79.9. The SMILES string of the molecule is CCCCCCCCCCCC(N)c1ccc(Br)s1. The summed E-state index contributed by atoms with van der Waals surface area (Å²) in [5.41, 5.74) is 6.19. The maximum absolute atomic E-state index is 6.19. The molecule has 3 heteroatoms. The van der Waals surface area contributed by atoms with E-state index in [1.165, 1.54) is 66.5 Å². The molecule has 1 nitrogen and oxygen atoms in total. The molecule has 1 atom stereocenters. The molecule has 110 valence electrons. The molecule has 1 rings (SSSR count). The van der Waals surface area contributed by atoms with Gasteiger partial charge in [0.1, 0.15) is 0 Å². The van der Waals surface area contributed by atoms with E-state index in [4.69, 9.17) is 5.73 Å². The third-order valence-corrected chi connectivity index (χ3v) is 5.33. The lowest BCUT2D eigenvalue weighted by Crippen LogP contribution is -2.08. The number of hydrogen-bond acceptors (Lipinski definition) is 2. The third kappa shape index (κ3) is 8.11. The van der Waals surface area contributed by atoms with Gasteiger partial charge >= 0.3 is 0 Å². The molecular weight excluding hydrogens is 318 g/mol. The van der Waals surface area contributed by atoms with E-state index in [0.29, 0.717) is 0 Å². The minimum absolute atomic E-state index is 0.237. The Balaban J connectivity index is 1.93. The minimum atomic E-state index is 0.237. The van der Waals surface area contributed by atoms with E-state index in [0.717, 1.165) is 6.42 Å². The summed E-state index contributed by atoms with van der Waals surface area (Å²) < 4.78 is 1.19. The van der Waals surface area contributed by atoms with Gasteiger partial charge in [-0.25, -0.2) is 0 Å². The molecule has 0 spiro atoms. The van der Waals surface area contributed by atoms with E-state index in [2.05, 4.69) is 35.0 Å². The third-order valence-electron chi connectivity index (χ3n) is 3.58. The van der Waals surface area contributed by atoms with Crippen molar-refractivity contribution in [1.82, 2.24) is 0 Å². The van der Waals surface area contributed by atoms with Crippen molar-refractivity contribution in [2.45, 2.75) is 77.2 Å². The first kappa shape index (κ1) is 17.2. The van der Waals surface area contributed by atoms with Crippen LogP contribution in [0.4, 0.5) is 0 Å². The second-order valence-electron chi connectivity index (χ2n) is 5.37. The topological polar surface area (TPSA) is 26.0 Å². The van der Waals surface area contributed by atoms with Crippen molar-refractivity contribution in [3.05, 3.63) is 20.8 Å². The number of thiophene rings is 1. The zero-order valence-electron chi connectivity index (χ0n) is 12.2. The van der Waals surface area contributed by atoms with Crippen LogP contribution in [0.15, 0.2) is 15.9 Å². The van der Waals surface area contributed by atoms with Gasteiger partial charge in [0.15, 0.2) is 0 Å². The fourth-order valence-electron chi connectivity index (χ4n) is 2.34. The molecule has 1 aromatic rings. The minimum Gasteiger partial charge on any atom is -0.323 e. The second kappa shape index (κ2) is 10.9. The molecule has 0 radical (unpaired) electrons. The molecular formula is C16H28BrNS. The van der Waals surface area contributed by atoms with E-state index in [1.807, 2.05) is 0 Å². The van der Waals surface area contributed by atoms with E-state index >= 15 is 0 Å². The summed E-state index contributed by atoms with van der Waals surface area (Å²) in [7, 11) is 0. The first-order valence-electron chi connectivity index (χ1n) is 7.75. The van der Waals surface area contributed by atoms with Crippen molar-refractivity contribution in [3.63, 3.8) is 0 Å². The van der Waals surface area contributed by atoms with E-state index in [-0.39, 0.29) is 6.04 Å². The van der Waals surface area contributed by atoms with Gasteiger partial charge in [0, 0.05) is 10.9 Å². The summed E-state index contributed by atoms with van der Waals surface area (Å²) in [6.45, 7) is 2.27. The Morgan fingerprint density at radius 2 is 1.58 bits per heavy atom. The van der Waals surface area contributed by atoms with Crippen LogP contribution >= 0.6 is 27.3 Å². The number of rotatable bonds is 11. The first-order valence-corrected chi connectivity index (χ1v) is 9.35. The Kier molecular flexibility index (Phi) is 9.84. The highest BCUT2D eigenvalue weighted by molar-refractivity contribution is 9.11. The first-order chi connectivity index (χ1) is 9.24. The largest absolute Gasteiger partial charge is 0.323 e. The molecule has 0 saturated heterocycles. The van der Waals surface area contributed by atoms with Crippen LogP contribution in [0.5, 0.6) is 0 Å². The van der Waals surface area contributed by atoms with E-state index in [1.54, 1.807) is 11.3 Å². The standard InChI is InChI=1S/C16H28BrNS/c1-2-3-4-5-6-7-8-9-10-11-14(18)15-12-13-16(17)19-15/h12-14H,2-11,18H2,1H3. The van der Waals surface area contributed by atoms with Crippen LogP contribution < -0.4 is 5.73 Å². The summed E-state index contributed by atoms with van der Waals surface area (Å²) in [4.78, 5) is 1.31. The van der Waals surface area contributed by atoms with Crippen LogP contribution in [0.25, 0.3) is 0 Å². The molecule has 1 heterocycles. The molecule has 19 heavy (non-hydrogen) atoms. The smallest absolute Gasteiger partial charge is 0.0701 e. The van der Waals surface area contributed by atoms with E-state index in [9.17, 15) is 0 Å². The van der Waals surface area contributed by atoms with Gasteiger partial charge in [0.2, 0.25) is 0 Å². The molecule has 0 fully saturated rings. The van der Waals surface area contributed by atoms with Crippen LogP contribution in [0.1, 0.15) is 82.1 Å². The molecule has 0 aliphatic heterocycles. The highest BCUT2D eigenvalue weighted by Gasteiger charge is 2.07. The Morgan fingerprint density at radius 1 is 1.00 bits per heavy atom. The molecule has 0 aromatic carbocycles. The lowest BCUT2D eigenvalue weighted by Gasteiger charge is -2.09. The number of unbranched alkanes of at least 4 members (excludes halogenated alkanes) is 8. The predicted octanol–water partition coefficient (Wildman–Crippen LogP) is 6.43. The van der Waals surface area contributed by atoms with Crippen molar-refractivity contribution >= 4 is 27.3 Å². The van der Waals surface area contributed by atoms with Gasteiger partial charge in [0.25, 0.3) is 0 Å². The van der Waals surface area contributed by atoms with Crippen molar-refractivity contribution in [2.75, 3.05) is 0 Å². The lowest BCUT2D eigenvalue weighted by atomic mass is 10.0. The van der Waals surface area contributed by atoms with Crippen LogP contribution in [0.3, 0.4) is 0 Å². The van der Waals surface area contributed by atoms with Crippen molar-refractivity contribution in [2.24, 2.45) is 5.73 Å². The summed E-state index contributed by atoms with van der Waals surface area (Å²) >= 11 is 5.26.